The number of rotatable bonds is 4. The normalized spacial score (nSPS) is 10.5. The smallest absolute Gasteiger partial charge is 0.337 e. The third-order valence-corrected chi connectivity index (χ3v) is 2.97. The molecule has 0 unspecified atom stereocenters. The van der Waals surface area contributed by atoms with E-state index in [1.54, 1.807) is 24.3 Å². The Morgan fingerprint density at radius 3 is 2.74 bits per heavy atom. The van der Waals surface area contributed by atoms with Crippen molar-refractivity contribution in [2.45, 2.75) is 13.5 Å². The number of aryl methyl sites for hydroxylation is 1. The number of halogens is 1. The summed E-state index contributed by atoms with van der Waals surface area (Å²) in [5.41, 5.74) is 0.918. The summed E-state index contributed by atoms with van der Waals surface area (Å²) in [6, 6.07) is 5.81. The molecule has 0 atom stereocenters. The molecule has 0 aliphatic heterocycles. The minimum Gasteiger partial charge on any atom is -0.478 e. The molecule has 1 heterocycles. The molecule has 100 valence electrons. The van der Waals surface area contributed by atoms with Gasteiger partial charge in [-0.1, -0.05) is 6.07 Å². The second kappa shape index (κ2) is 5.14. The van der Waals surface area contributed by atoms with Gasteiger partial charge in [-0.25, -0.2) is 9.18 Å². The number of furan rings is 1. The minimum atomic E-state index is -1.15. The Kier molecular flexibility index (Phi) is 3.55. The van der Waals surface area contributed by atoms with Crippen molar-refractivity contribution in [3.8, 4) is 0 Å². The number of carboxylic acids is 1. The van der Waals surface area contributed by atoms with Crippen LogP contribution < -0.4 is 4.90 Å². The lowest BCUT2D eigenvalue weighted by molar-refractivity contribution is 0.0697. The molecule has 0 amide bonds. The topological polar surface area (TPSA) is 53.7 Å². The Hall–Kier alpha value is -2.30. The molecular formula is C14H14FNO3. The summed E-state index contributed by atoms with van der Waals surface area (Å²) in [5.74, 6) is -0.964. The Labute approximate surface area is 110 Å². The van der Waals surface area contributed by atoms with Gasteiger partial charge in [0.15, 0.2) is 0 Å². The van der Waals surface area contributed by atoms with E-state index in [1.807, 2.05) is 6.92 Å². The Balaban J connectivity index is 2.36. The Morgan fingerprint density at radius 2 is 2.16 bits per heavy atom. The first-order chi connectivity index (χ1) is 9.00. The first kappa shape index (κ1) is 13.1. The SMILES string of the molecule is Cc1occc1CN(C)c1c(F)cccc1C(=O)O. The number of hydrogen-bond donors (Lipinski definition) is 1. The third kappa shape index (κ3) is 2.59. The van der Waals surface area contributed by atoms with Gasteiger partial charge in [0, 0.05) is 19.2 Å². The number of carboxylic acid groups (broad SMARTS) is 1. The van der Waals surface area contributed by atoms with E-state index < -0.39 is 11.8 Å². The standard InChI is InChI=1S/C14H14FNO3/c1-9-10(6-7-19-9)8-16(2)13-11(14(17)18)4-3-5-12(13)15/h3-7H,8H2,1-2H3,(H,17,18). The first-order valence-electron chi connectivity index (χ1n) is 5.76. The van der Waals surface area contributed by atoms with Crippen molar-refractivity contribution >= 4 is 11.7 Å². The second-order valence-corrected chi connectivity index (χ2v) is 4.30. The van der Waals surface area contributed by atoms with Gasteiger partial charge in [0.05, 0.1) is 17.5 Å². The van der Waals surface area contributed by atoms with Crippen LogP contribution in [0.4, 0.5) is 10.1 Å². The monoisotopic (exact) mass is 263 g/mol. The number of benzene rings is 1. The van der Waals surface area contributed by atoms with E-state index in [0.717, 1.165) is 11.3 Å². The van der Waals surface area contributed by atoms with Crippen LogP contribution in [0.1, 0.15) is 21.7 Å². The molecule has 1 N–H and O–H groups in total. The van der Waals surface area contributed by atoms with E-state index in [0.29, 0.717) is 6.54 Å². The zero-order valence-electron chi connectivity index (χ0n) is 10.7. The molecule has 0 aliphatic carbocycles. The van der Waals surface area contributed by atoms with Gasteiger partial charge in [-0.05, 0) is 25.1 Å². The Bertz CT molecular complexity index is 606. The molecule has 0 saturated heterocycles. The van der Waals surface area contributed by atoms with Gasteiger partial charge in [-0.15, -0.1) is 0 Å². The number of hydrogen-bond acceptors (Lipinski definition) is 3. The van der Waals surface area contributed by atoms with Crippen LogP contribution in [-0.4, -0.2) is 18.1 Å². The van der Waals surface area contributed by atoms with Crippen LogP contribution in [-0.2, 0) is 6.54 Å². The van der Waals surface area contributed by atoms with Crippen molar-refractivity contribution in [3.63, 3.8) is 0 Å². The van der Waals surface area contributed by atoms with Crippen molar-refractivity contribution in [1.82, 2.24) is 0 Å². The van der Waals surface area contributed by atoms with E-state index in [-0.39, 0.29) is 11.3 Å². The fraction of sp³-hybridized carbons (Fsp3) is 0.214. The van der Waals surface area contributed by atoms with Crippen LogP contribution >= 0.6 is 0 Å². The summed E-state index contributed by atoms with van der Waals surface area (Å²) in [6.07, 6.45) is 1.55. The second-order valence-electron chi connectivity index (χ2n) is 4.30. The van der Waals surface area contributed by atoms with E-state index in [1.165, 1.54) is 18.2 Å². The molecule has 2 aromatic rings. The quantitative estimate of drug-likeness (QED) is 0.921. The third-order valence-electron chi connectivity index (χ3n) is 2.97. The van der Waals surface area contributed by atoms with Crippen LogP contribution in [0.5, 0.6) is 0 Å². The van der Waals surface area contributed by atoms with Gasteiger partial charge in [-0.3, -0.25) is 0 Å². The fourth-order valence-corrected chi connectivity index (χ4v) is 1.99. The highest BCUT2D eigenvalue weighted by atomic mass is 19.1. The minimum absolute atomic E-state index is 0.0522. The summed E-state index contributed by atoms with van der Waals surface area (Å²) < 4.78 is 19.0. The van der Waals surface area contributed by atoms with Crippen LogP contribution in [0.15, 0.2) is 34.9 Å². The van der Waals surface area contributed by atoms with E-state index in [9.17, 15) is 9.18 Å². The highest BCUT2D eigenvalue weighted by molar-refractivity contribution is 5.94. The summed E-state index contributed by atoms with van der Waals surface area (Å²) >= 11 is 0. The number of aromatic carboxylic acids is 1. The summed E-state index contributed by atoms with van der Waals surface area (Å²) in [7, 11) is 1.65. The highest BCUT2D eigenvalue weighted by Crippen LogP contribution is 2.25. The van der Waals surface area contributed by atoms with Gasteiger partial charge in [0.25, 0.3) is 0 Å². The van der Waals surface area contributed by atoms with Gasteiger partial charge in [-0.2, -0.15) is 0 Å². The largest absolute Gasteiger partial charge is 0.478 e. The lowest BCUT2D eigenvalue weighted by atomic mass is 10.1. The molecule has 0 saturated carbocycles. The van der Waals surface area contributed by atoms with Gasteiger partial charge < -0.3 is 14.4 Å². The Morgan fingerprint density at radius 1 is 1.42 bits per heavy atom. The number of anilines is 1. The summed E-state index contributed by atoms with van der Waals surface area (Å²) in [6.45, 7) is 2.19. The van der Waals surface area contributed by atoms with Crippen molar-refractivity contribution in [3.05, 3.63) is 53.2 Å². The zero-order valence-corrected chi connectivity index (χ0v) is 10.7. The molecule has 4 nitrogen and oxygen atoms in total. The molecule has 5 heteroatoms. The number of carbonyl (C=O) groups is 1. The highest BCUT2D eigenvalue weighted by Gasteiger charge is 2.18. The molecule has 0 radical (unpaired) electrons. The van der Waals surface area contributed by atoms with Crippen molar-refractivity contribution in [1.29, 1.82) is 0 Å². The molecule has 1 aromatic heterocycles. The van der Waals surface area contributed by atoms with Gasteiger partial charge >= 0.3 is 5.97 Å². The molecule has 0 spiro atoms. The summed E-state index contributed by atoms with van der Waals surface area (Å²) in [5, 5.41) is 9.11. The van der Waals surface area contributed by atoms with E-state index in [2.05, 4.69) is 0 Å². The molecule has 1 aromatic carbocycles. The maximum absolute atomic E-state index is 13.9. The van der Waals surface area contributed by atoms with Crippen molar-refractivity contribution in [2.24, 2.45) is 0 Å². The predicted molar refractivity (Wildman–Crippen MR) is 68.9 cm³/mol. The molecular weight excluding hydrogens is 249 g/mol. The average Bonchev–Trinajstić information content (AvgIpc) is 2.74. The van der Waals surface area contributed by atoms with Crippen molar-refractivity contribution in [2.75, 3.05) is 11.9 Å². The fourth-order valence-electron chi connectivity index (χ4n) is 1.99. The molecule has 0 fully saturated rings. The molecule has 19 heavy (non-hydrogen) atoms. The molecule has 0 bridgehead atoms. The number of nitrogens with zero attached hydrogens (tertiary/aromatic N) is 1. The maximum Gasteiger partial charge on any atom is 0.337 e. The zero-order chi connectivity index (χ0) is 14.0. The van der Waals surface area contributed by atoms with Crippen LogP contribution in [0, 0.1) is 12.7 Å². The van der Waals surface area contributed by atoms with Crippen LogP contribution in [0.3, 0.4) is 0 Å². The molecule has 0 aliphatic rings. The lowest BCUT2D eigenvalue weighted by Crippen LogP contribution is -2.21. The van der Waals surface area contributed by atoms with E-state index >= 15 is 0 Å². The summed E-state index contributed by atoms with van der Waals surface area (Å²) in [4.78, 5) is 12.7. The molecule has 2 rings (SSSR count). The van der Waals surface area contributed by atoms with Crippen molar-refractivity contribution < 1.29 is 18.7 Å². The average molecular weight is 263 g/mol. The first-order valence-corrected chi connectivity index (χ1v) is 5.76. The van der Waals surface area contributed by atoms with E-state index in [4.69, 9.17) is 9.52 Å². The maximum atomic E-state index is 13.9. The predicted octanol–water partition coefficient (Wildman–Crippen LogP) is 3.06. The number of para-hydroxylation sites is 1. The lowest BCUT2D eigenvalue weighted by Gasteiger charge is -2.21. The van der Waals surface area contributed by atoms with Crippen LogP contribution in [0.2, 0.25) is 0 Å². The van der Waals surface area contributed by atoms with Gasteiger partial charge in [0.1, 0.15) is 11.6 Å². The van der Waals surface area contributed by atoms with Gasteiger partial charge in [0.2, 0.25) is 0 Å². The van der Waals surface area contributed by atoms with Crippen LogP contribution in [0.25, 0.3) is 0 Å².